The first-order chi connectivity index (χ1) is 11.8. The molecule has 0 fully saturated rings. The van der Waals surface area contributed by atoms with Gasteiger partial charge in [-0.3, -0.25) is 4.79 Å². The maximum Gasteiger partial charge on any atom is 0.343 e. The lowest BCUT2D eigenvalue weighted by atomic mass is 9.94. The highest BCUT2D eigenvalue weighted by molar-refractivity contribution is 6.06. The van der Waals surface area contributed by atoms with Crippen LogP contribution in [0.2, 0.25) is 0 Å². The molecule has 0 bridgehead atoms. The largest absolute Gasteiger partial charge is 0.486 e. The van der Waals surface area contributed by atoms with Gasteiger partial charge in [0.2, 0.25) is 5.91 Å². The molecular weight excluding hydrogens is 322 g/mol. The van der Waals surface area contributed by atoms with Gasteiger partial charge in [-0.25, -0.2) is 4.79 Å². The normalized spacial score (nSPS) is 12.5. The zero-order chi connectivity index (χ0) is 18.2. The van der Waals surface area contributed by atoms with Gasteiger partial charge in [0, 0.05) is 16.5 Å². The Morgan fingerprint density at radius 1 is 1.20 bits per heavy atom. The molecule has 0 radical (unpaired) electrons. The summed E-state index contributed by atoms with van der Waals surface area (Å²) in [5, 5.41) is 10.7. The maximum atomic E-state index is 12.4. The molecule has 0 aliphatic carbocycles. The molecule has 25 heavy (non-hydrogen) atoms. The first-order valence-electron chi connectivity index (χ1n) is 7.83. The lowest BCUT2D eigenvalue weighted by molar-refractivity contribution is -0.123. The van der Waals surface area contributed by atoms with Gasteiger partial charge in [0.05, 0.1) is 19.0 Å². The number of ether oxygens (including phenoxy) is 2. The Bertz CT molecular complexity index is 856. The van der Waals surface area contributed by atoms with Crippen molar-refractivity contribution in [2.24, 2.45) is 5.41 Å². The Morgan fingerprint density at radius 3 is 2.64 bits per heavy atom. The fourth-order valence-corrected chi connectivity index (χ4v) is 2.52. The van der Waals surface area contributed by atoms with Gasteiger partial charge in [-0.2, -0.15) is 10.2 Å². The maximum absolute atomic E-state index is 12.4. The average molecular weight is 341 g/mol. The van der Waals surface area contributed by atoms with Crippen molar-refractivity contribution in [1.29, 1.82) is 0 Å². The highest BCUT2D eigenvalue weighted by Crippen LogP contribution is 2.42. The van der Waals surface area contributed by atoms with Gasteiger partial charge in [-0.15, -0.1) is 0 Å². The van der Waals surface area contributed by atoms with Gasteiger partial charge in [0.25, 0.3) is 0 Å². The molecular formula is C18H19N3O4. The molecule has 130 valence electrons. The Hall–Kier alpha value is -2.96. The minimum Gasteiger partial charge on any atom is -0.486 e. The fourth-order valence-electron chi connectivity index (χ4n) is 2.52. The van der Waals surface area contributed by atoms with E-state index in [0.29, 0.717) is 22.7 Å². The number of anilines is 1. The van der Waals surface area contributed by atoms with Crippen molar-refractivity contribution in [1.82, 2.24) is 10.2 Å². The lowest BCUT2D eigenvalue weighted by Crippen LogP contribution is -2.28. The van der Waals surface area contributed by atoms with Gasteiger partial charge in [0.1, 0.15) is 23.6 Å². The van der Waals surface area contributed by atoms with Gasteiger partial charge in [-0.05, 0) is 18.2 Å². The summed E-state index contributed by atoms with van der Waals surface area (Å²) >= 11 is 0. The molecule has 0 spiro atoms. The number of aromatic nitrogens is 2. The van der Waals surface area contributed by atoms with E-state index in [2.05, 4.69) is 15.5 Å². The van der Waals surface area contributed by atoms with Crippen molar-refractivity contribution >= 4 is 17.6 Å². The van der Waals surface area contributed by atoms with E-state index in [1.165, 1.54) is 7.11 Å². The van der Waals surface area contributed by atoms with E-state index >= 15 is 0 Å². The van der Waals surface area contributed by atoms with Crippen LogP contribution in [0.1, 0.15) is 36.8 Å². The fraction of sp³-hybridized carbons (Fsp3) is 0.333. The van der Waals surface area contributed by atoms with Crippen LogP contribution in [0.15, 0.2) is 24.4 Å². The third-order valence-electron chi connectivity index (χ3n) is 3.92. The monoisotopic (exact) mass is 341 g/mol. The van der Waals surface area contributed by atoms with Crippen molar-refractivity contribution < 1.29 is 19.1 Å². The summed E-state index contributed by atoms with van der Waals surface area (Å²) in [5.74, 6) is -0.412. The van der Waals surface area contributed by atoms with E-state index in [9.17, 15) is 9.59 Å². The highest BCUT2D eigenvalue weighted by Gasteiger charge is 2.30. The van der Waals surface area contributed by atoms with Gasteiger partial charge >= 0.3 is 5.97 Å². The van der Waals surface area contributed by atoms with E-state index in [-0.39, 0.29) is 18.1 Å². The summed E-state index contributed by atoms with van der Waals surface area (Å²) in [6.07, 6.45) is 1.58. The van der Waals surface area contributed by atoms with E-state index in [4.69, 9.17) is 9.47 Å². The molecule has 2 aromatic rings. The lowest BCUT2D eigenvalue weighted by Gasteiger charge is -2.24. The SMILES string of the molecule is COC(=O)c1c(NC(=O)C(C)(C)C)ccc2c1OCc1nnccc1-2. The van der Waals surface area contributed by atoms with Crippen molar-refractivity contribution in [2.45, 2.75) is 27.4 Å². The van der Waals surface area contributed by atoms with Gasteiger partial charge in [-0.1, -0.05) is 20.8 Å². The Kier molecular flexibility index (Phi) is 4.16. The highest BCUT2D eigenvalue weighted by atomic mass is 16.5. The summed E-state index contributed by atoms with van der Waals surface area (Å²) in [6, 6.07) is 5.28. The molecule has 0 unspecified atom stereocenters. The van der Waals surface area contributed by atoms with E-state index in [1.54, 1.807) is 39.1 Å². The number of benzene rings is 1. The first-order valence-corrected chi connectivity index (χ1v) is 7.83. The number of methoxy groups -OCH3 is 1. The zero-order valence-corrected chi connectivity index (χ0v) is 14.5. The number of hydrogen-bond donors (Lipinski definition) is 1. The number of fused-ring (bicyclic) bond motifs is 3. The molecule has 2 heterocycles. The third-order valence-corrected chi connectivity index (χ3v) is 3.92. The standard InChI is InChI=1S/C18H19N3O4/c1-18(2,3)17(23)20-12-6-5-11-10-7-8-19-21-13(10)9-25-15(11)14(12)16(22)24-4/h5-8H,9H2,1-4H3,(H,20,23). The van der Waals surface area contributed by atoms with Crippen LogP contribution in [0.5, 0.6) is 5.75 Å². The van der Waals surface area contributed by atoms with Crippen molar-refractivity contribution in [2.75, 3.05) is 12.4 Å². The Balaban J connectivity index is 2.14. The molecule has 1 aliphatic heterocycles. The smallest absolute Gasteiger partial charge is 0.343 e. The number of rotatable bonds is 2. The molecule has 3 rings (SSSR count). The number of carbonyl (C=O) groups is 2. The van der Waals surface area contributed by atoms with Crippen LogP contribution in [0.4, 0.5) is 5.69 Å². The molecule has 7 nitrogen and oxygen atoms in total. The number of nitrogens with one attached hydrogen (secondary N) is 1. The van der Waals surface area contributed by atoms with E-state index in [0.717, 1.165) is 5.56 Å². The molecule has 0 saturated heterocycles. The van der Waals surface area contributed by atoms with Crippen molar-refractivity contribution in [3.63, 3.8) is 0 Å². The zero-order valence-electron chi connectivity index (χ0n) is 14.5. The second kappa shape index (κ2) is 6.16. The summed E-state index contributed by atoms with van der Waals surface area (Å²) in [5.41, 5.74) is 2.19. The summed E-state index contributed by atoms with van der Waals surface area (Å²) < 4.78 is 10.7. The molecule has 0 atom stereocenters. The minimum absolute atomic E-state index is 0.191. The molecule has 1 aromatic carbocycles. The molecule has 1 aromatic heterocycles. The van der Waals surface area contributed by atoms with Crippen molar-refractivity contribution in [3.05, 3.63) is 35.7 Å². The Morgan fingerprint density at radius 2 is 1.96 bits per heavy atom. The third kappa shape index (κ3) is 3.05. The van der Waals surface area contributed by atoms with Crippen LogP contribution >= 0.6 is 0 Å². The van der Waals surface area contributed by atoms with Gasteiger partial charge < -0.3 is 14.8 Å². The molecule has 7 heteroatoms. The molecule has 1 aliphatic rings. The average Bonchev–Trinajstić information content (AvgIpc) is 2.59. The van der Waals surface area contributed by atoms with Crippen LogP contribution < -0.4 is 10.1 Å². The topological polar surface area (TPSA) is 90.4 Å². The molecule has 1 N–H and O–H groups in total. The van der Waals surface area contributed by atoms with Crippen LogP contribution in [-0.2, 0) is 16.1 Å². The van der Waals surface area contributed by atoms with Crippen LogP contribution in [0, 0.1) is 5.41 Å². The number of esters is 1. The van der Waals surface area contributed by atoms with Crippen LogP contribution in [0.25, 0.3) is 11.1 Å². The predicted molar refractivity (Wildman–Crippen MR) is 91.2 cm³/mol. The van der Waals surface area contributed by atoms with Crippen LogP contribution in [-0.4, -0.2) is 29.2 Å². The number of amides is 1. The quantitative estimate of drug-likeness (QED) is 0.845. The Labute approximate surface area is 145 Å². The van der Waals surface area contributed by atoms with Crippen LogP contribution in [0.3, 0.4) is 0 Å². The summed E-state index contributed by atoms with van der Waals surface area (Å²) in [4.78, 5) is 24.7. The van der Waals surface area contributed by atoms with Crippen molar-refractivity contribution in [3.8, 4) is 16.9 Å². The van der Waals surface area contributed by atoms with Gasteiger partial charge in [0.15, 0.2) is 0 Å². The molecule has 1 amide bonds. The second-order valence-corrected chi connectivity index (χ2v) is 6.74. The summed E-state index contributed by atoms with van der Waals surface area (Å²) in [6.45, 7) is 5.58. The number of carbonyl (C=O) groups excluding carboxylic acids is 2. The summed E-state index contributed by atoms with van der Waals surface area (Å²) in [7, 11) is 1.29. The second-order valence-electron chi connectivity index (χ2n) is 6.74. The number of hydrogen-bond acceptors (Lipinski definition) is 6. The van der Waals surface area contributed by atoms with E-state index < -0.39 is 11.4 Å². The first kappa shape index (κ1) is 16.9. The number of nitrogens with zero attached hydrogens (tertiary/aromatic N) is 2. The van der Waals surface area contributed by atoms with E-state index in [1.807, 2.05) is 6.07 Å². The minimum atomic E-state index is -0.605. The molecule has 0 saturated carbocycles. The predicted octanol–water partition coefficient (Wildman–Crippen LogP) is 2.81.